The summed E-state index contributed by atoms with van der Waals surface area (Å²) < 4.78 is 1.59. The van der Waals surface area contributed by atoms with Crippen LogP contribution in [0.3, 0.4) is 0 Å². The van der Waals surface area contributed by atoms with E-state index in [1.165, 1.54) is 12.7 Å². The van der Waals surface area contributed by atoms with Crippen LogP contribution in [0.2, 0.25) is 0 Å². The number of piperazine rings is 1. The van der Waals surface area contributed by atoms with Gasteiger partial charge in [0.05, 0.1) is 0 Å². The summed E-state index contributed by atoms with van der Waals surface area (Å²) in [4.78, 5) is 32.9. The molecule has 0 atom stereocenters. The molecule has 0 spiro atoms. The van der Waals surface area contributed by atoms with E-state index < -0.39 is 0 Å². The molecule has 1 aliphatic rings. The third-order valence-electron chi connectivity index (χ3n) is 4.31. The Balaban J connectivity index is 1.37. The molecule has 0 unspecified atom stereocenters. The lowest BCUT2D eigenvalue weighted by atomic mass is 10.2. The molecule has 3 aromatic heterocycles. The summed E-state index contributed by atoms with van der Waals surface area (Å²) in [6.07, 6.45) is 11.4. The lowest BCUT2D eigenvalue weighted by Crippen LogP contribution is -2.48. The molecule has 1 amide bonds. The minimum absolute atomic E-state index is 0.00416. The molecule has 0 radical (unpaired) electrons. The second-order valence-electron chi connectivity index (χ2n) is 6.01. The average molecular weight is 362 g/mol. The number of nitrogens with zero attached hydrogens (tertiary/aromatic N) is 8. The van der Waals surface area contributed by atoms with E-state index >= 15 is 0 Å². The van der Waals surface area contributed by atoms with Crippen LogP contribution in [0.4, 0.5) is 5.82 Å². The number of hydrogen-bond acceptors (Lipinski definition) is 7. The topological polar surface area (TPSA) is 92.9 Å². The highest BCUT2D eigenvalue weighted by Crippen LogP contribution is 2.15. The molecule has 0 bridgehead atoms. The average Bonchev–Trinajstić information content (AvgIpc) is 3.28. The zero-order valence-electron chi connectivity index (χ0n) is 14.6. The molecular weight excluding hydrogens is 344 g/mol. The molecule has 0 N–H and O–H groups in total. The summed E-state index contributed by atoms with van der Waals surface area (Å²) in [6.45, 7) is 2.69. The van der Waals surface area contributed by atoms with Gasteiger partial charge in [-0.1, -0.05) is 6.07 Å². The number of rotatable bonds is 4. The van der Waals surface area contributed by atoms with Crippen molar-refractivity contribution < 1.29 is 4.79 Å². The number of anilines is 1. The Kier molecular flexibility index (Phi) is 4.82. The van der Waals surface area contributed by atoms with Crippen LogP contribution in [0.5, 0.6) is 0 Å². The molecule has 4 rings (SSSR count). The predicted octanol–water partition coefficient (Wildman–Crippen LogP) is 0.814. The molecule has 0 aliphatic carbocycles. The van der Waals surface area contributed by atoms with E-state index in [1.807, 2.05) is 23.1 Å². The molecule has 0 aromatic carbocycles. The Morgan fingerprint density at radius 2 is 1.89 bits per heavy atom. The van der Waals surface area contributed by atoms with Crippen molar-refractivity contribution in [2.45, 2.75) is 0 Å². The predicted molar refractivity (Wildman–Crippen MR) is 99.0 cm³/mol. The third kappa shape index (κ3) is 3.97. The summed E-state index contributed by atoms with van der Waals surface area (Å²) in [6, 6.07) is 5.63. The van der Waals surface area contributed by atoms with Crippen molar-refractivity contribution in [1.29, 1.82) is 0 Å². The van der Waals surface area contributed by atoms with E-state index in [1.54, 1.807) is 35.6 Å². The number of aromatic nitrogens is 6. The fraction of sp³-hybridized carbons (Fsp3) is 0.222. The minimum atomic E-state index is 0.00416. The van der Waals surface area contributed by atoms with Crippen LogP contribution < -0.4 is 4.90 Å². The monoisotopic (exact) mass is 362 g/mol. The van der Waals surface area contributed by atoms with Gasteiger partial charge in [-0.25, -0.2) is 19.6 Å². The van der Waals surface area contributed by atoms with E-state index in [9.17, 15) is 4.79 Å². The standard InChI is InChI=1S/C18H18N8O/c27-18(4-3-15-2-1-5-19-11-15)25-8-6-24(7-9-25)16-10-17(22-13-21-16)26-14-20-12-23-26/h1-5,10-14H,6-9H2. The summed E-state index contributed by atoms with van der Waals surface area (Å²) in [5.74, 6) is 1.48. The van der Waals surface area contributed by atoms with Gasteiger partial charge in [-0.15, -0.1) is 0 Å². The van der Waals surface area contributed by atoms with Crippen LogP contribution in [0.1, 0.15) is 5.56 Å². The van der Waals surface area contributed by atoms with Gasteiger partial charge >= 0.3 is 0 Å². The Bertz CT molecular complexity index is 918. The van der Waals surface area contributed by atoms with Gasteiger partial charge in [-0.3, -0.25) is 9.78 Å². The van der Waals surface area contributed by atoms with Crippen LogP contribution >= 0.6 is 0 Å². The molecule has 9 nitrogen and oxygen atoms in total. The van der Waals surface area contributed by atoms with Crippen LogP contribution in [0, 0.1) is 0 Å². The van der Waals surface area contributed by atoms with Crippen molar-refractivity contribution >= 4 is 17.8 Å². The zero-order chi connectivity index (χ0) is 18.5. The van der Waals surface area contributed by atoms with E-state index in [-0.39, 0.29) is 5.91 Å². The fourth-order valence-electron chi connectivity index (χ4n) is 2.87. The third-order valence-corrected chi connectivity index (χ3v) is 4.31. The van der Waals surface area contributed by atoms with Gasteiger partial charge in [0.25, 0.3) is 0 Å². The molecule has 3 aromatic rings. The van der Waals surface area contributed by atoms with Crippen molar-refractivity contribution in [3.8, 4) is 5.82 Å². The second-order valence-corrected chi connectivity index (χ2v) is 6.01. The maximum absolute atomic E-state index is 12.4. The first kappa shape index (κ1) is 16.8. The lowest BCUT2D eigenvalue weighted by Gasteiger charge is -2.34. The fourth-order valence-corrected chi connectivity index (χ4v) is 2.87. The Morgan fingerprint density at radius 3 is 2.63 bits per heavy atom. The van der Waals surface area contributed by atoms with Gasteiger partial charge in [0.1, 0.15) is 24.8 Å². The smallest absolute Gasteiger partial charge is 0.246 e. The highest BCUT2D eigenvalue weighted by molar-refractivity contribution is 5.91. The molecule has 136 valence electrons. The number of pyridine rings is 1. The van der Waals surface area contributed by atoms with Gasteiger partial charge in [-0.05, 0) is 17.7 Å². The van der Waals surface area contributed by atoms with Gasteiger partial charge in [-0.2, -0.15) is 5.10 Å². The summed E-state index contributed by atoms with van der Waals surface area (Å²) in [5, 5.41) is 4.09. The first-order chi connectivity index (χ1) is 13.3. The second kappa shape index (κ2) is 7.73. The first-order valence-electron chi connectivity index (χ1n) is 8.58. The van der Waals surface area contributed by atoms with Crippen LogP contribution in [0.15, 0.2) is 55.7 Å². The van der Waals surface area contributed by atoms with Crippen molar-refractivity contribution in [1.82, 2.24) is 34.6 Å². The minimum Gasteiger partial charge on any atom is -0.353 e. The first-order valence-corrected chi connectivity index (χ1v) is 8.58. The molecule has 9 heteroatoms. The molecule has 27 heavy (non-hydrogen) atoms. The maximum atomic E-state index is 12.4. The zero-order valence-corrected chi connectivity index (χ0v) is 14.6. The maximum Gasteiger partial charge on any atom is 0.246 e. The Labute approximate surface area is 156 Å². The highest BCUT2D eigenvalue weighted by Gasteiger charge is 2.21. The lowest BCUT2D eigenvalue weighted by molar-refractivity contribution is -0.126. The van der Waals surface area contributed by atoms with E-state index in [4.69, 9.17) is 0 Å². The van der Waals surface area contributed by atoms with Crippen molar-refractivity contribution in [2.24, 2.45) is 0 Å². The van der Waals surface area contributed by atoms with Gasteiger partial charge in [0, 0.05) is 50.7 Å². The SMILES string of the molecule is O=C(C=Cc1cccnc1)N1CCN(c2cc(-n3cncn3)ncn2)CC1. The number of carbonyl (C=O) groups excluding carboxylic acids is 1. The molecule has 1 fully saturated rings. The van der Waals surface area contributed by atoms with Gasteiger partial charge in [0.15, 0.2) is 5.82 Å². The normalized spacial score (nSPS) is 14.7. The van der Waals surface area contributed by atoms with Crippen molar-refractivity contribution in [2.75, 3.05) is 31.1 Å². The quantitative estimate of drug-likeness (QED) is 0.634. The largest absolute Gasteiger partial charge is 0.353 e. The number of amides is 1. The molecular formula is C18H18N8O. The molecule has 4 heterocycles. The summed E-state index contributed by atoms with van der Waals surface area (Å²) in [7, 11) is 0. The van der Waals surface area contributed by atoms with Crippen molar-refractivity contribution in [3.63, 3.8) is 0 Å². The van der Waals surface area contributed by atoms with Crippen molar-refractivity contribution in [3.05, 3.63) is 61.2 Å². The van der Waals surface area contributed by atoms with Crippen LogP contribution in [-0.4, -0.2) is 66.7 Å². The molecule has 1 saturated heterocycles. The number of carbonyl (C=O) groups is 1. The van der Waals surface area contributed by atoms with Crippen LogP contribution in [0.25, 0.3) is 11.9 Å². The van der Waals surface area contributed by atoms with Gasteiger partial charge in [0.2, 0.25) is 5.91 Å². The number of hydrogen-bond donors (Lipinski definition) is 0. The van der Waals surface area contributed by atoms with E-state index in [0.29, 0.717) is 32.0 Å². The van der Waals surface area contributed by atoms with Crippen LogP contribution in [-0.2, 0) is 4.79 Å². The molecule has 0 saturated carbocycles. The van der Waals surface area contributed by atoms with E-state index in [0.717, 1.165) is 11.4 Å². The van der Waals surface area contributed by atoms with Gasteiger partial charge < -0.3 is 9.80 Å². The highest BCUT2D eigenvalue weighted by atomic mass is 16.2. The summed E-state index contributed by atoms with van der Waals surface area (Å²) in [5.41, 5.74) is 0.908. The Hall–Kier alpha value is -3.62. The van der Waals surface area contributed by atoms with E-state index in [2.05, 4.69) is 29.9 Å². The summed E-state index contributed by atoms with van der Waals surface area (Å²) >= 11 is 0. The Morgan fingerprint density at radius 1 is 1.04 bits per heavy atom. The molecule has 1 aliphatic heterocycles.